The van der Waals surface area contributed by atoms with E-state index in [1.165, 1.54) is 101 Å². The molecule has 0 aromatic heterocycles. The van der Waals surface area contributed by atoms with Crippen LogP contribution in [0.1, 0.15) is 97.8 Å². The van der Waals surface area contributed by atoms with E-state index < -0.39 is 0 Å². The van der Waals surface area contributed by atoms with Crippen LogP contribution in [0.5, 0.6) is 0 Å². The van der Waals surface area contributed by atoms with Crippen molar-refractivity contribution in [3.63, 3.8) is 0 Å². The lowest BCUT2D eigenvalue weighted by molar-refractivity contribution is -0.929. The Bertz CT molecular complexity index is 196. The van der Waals surface area contributed by atoms with Gasteiger partial charge in [-0.3, -0.25) is 0 Å². The van der Waals surface area contributed by atoms with Crippen molar-refractivity contribution in [1.82, 2.24) is 0 Å². The minimum absolute atomic E-state index is 0.366. The third-order valence-corrected chi connectivity index (χ3v) is 5.00. The molecule has 0 unspecified atom stereocenters. The van der Waals surface area contributed by atoms with Gasteiger partial charge in [0.1, 0.15) is 0 Å². The smallest absolute Gasteiger partial charge is 0.0786 e. The topological polar surface area (TPSA) is 20.2 Å². The Balaban J connectivity index is 4.21. The second-order valence-electron chi connectivity index (χ2n) is 7.14. The van der Waals surface area contributed by atoms with E-state index in [4.69, 9.17) is 5.11 Å². The van der Waals surface area contributed by atoms with E-state index in [1.54, 1.807) is 0 Å². The molecule has 0 spiro atoms. The Morgan fingerprint density at radius 3 is 1.27 bits per heavy atom. The summed E-state index contributed by atoms with van der Waals surface area (Å²) in [7, 11) is 0. The number of nitrogens with zero attached hydrogens (tertiary/aromatic N) is 1. The van der Waals surface area contributed by atoms with Crippen LogP contribution in [0.4, 0.5) is 0 Å². The Kier molecular flexibility index (Phi) is 15.7. The zero-order valence-corrected chi connectivity index (χ0v) is 15.9. The zero-order valence-electron chi connectivity index (χ0n) is 15.9. The van der Waals surface area contributed by atoms with Crippen molar-refractivity contribution in [3.8, 4) is 0 Å². The number of aliphatic hydroxyl groups is 1. The largest absolute Gasteiger partial charge is 0.396 e. The lowest BCUT2D eigenvalue weighted by Gasteiger charge is -2.39. The normalized spacial score (nSPS) is 12.0. The van der Waals surface area contributed by atoms with Gasteiger partial charge in [0.15, 0.2) is 0 Å². The molecule has 0 heterocycles. The molecule has 0 aliphatic heterocycles. The van der Waals surface area contributed by atoms with Crippen molar-refractivity contribution in [2.75, 3.05) is 32.8 Å². The van der Waals surface area contributed by atoms with Gasteiger partial charge in [-0.25, -0.2) is 0 Å². The van der Waals surface area contributed by atoms with Gasteiger partial charge in [0.2, 0.25) is 0 Å². The van der Waals surface area contributed by atoms with Crippen LogP contribution in [0, 0.1) is 0 Å². The molecule has 0 amide bonds. The molecular weight excluding hydrogens is 270 g/mol. The molecule has 2 heteroatoms. The fraction of sp³-hybridized carbons (Fsp3) is 1.00. The first-order valence-electron chi connectivity index (χ1n) is 10.2. The number of rotatable bonds is 17. The Hall–Kier alpha value is -0.0800. The first-order valence-corrected chi connectivity index (χ1v) is 10.2. The van der Waals surface area contributed by atoms with E-state index in [2.05, 4.69) is 20.8 Å². The minimum atomic E-state index is 0.366. The Labute approximate surface area is 140 Å². The summed E-state index contributed by atoms with van der Waals surface area (Å²) in [6.07, 6.45) is 15.8. The van der Waals surface area contributed by atoms with Gasteiger partial charge in [-0.05, 0) is 38.5 Å². The minimum Gasteiger partial charge on any atom is -0.396 e. The molecule has 0 rings (SSSR count). The molecule has 0 fully saturated rings. The summed E-state index contributed by atoms with van der Waals surface area (Å²) in [4.78, 5) is 0. The maximum Gasteiger partial charge on any atom is 0.0786 e. The standard InChI is InChI=1S/C20H44NO/c1-4-7-16-21(17-8-5-2,18-9-6-3)19-14-12-10-11-13-15-20-22/h22H,4-20H2,1-3H3/q+1. The second kappa shape index (κ2) is 15.8. The average Bonchev–Trinajstić information content (AvgIpc) is 2.55. The number of unbranched alkanes of at least 4 members (excludes halogenated alkanes) is 8. The molecule has 22 heavy (non-hydrogen) atoms. The lowest BCUT2D eigenvalue weighted by Crippen LogP contribution is -2.50. The molecule has 0 aliphatic carbocycles. The van der Waals surface area contributed by atoms with Crippen molar-refractivity contribution in [3.05, 3.63) is 0 Å². The monoisotopic (exact) mass is 314 g/mol. The number of quaternary nitrogens is 1. The predicted octanol–water partition coefficient (Wildman–Crippen LogP) is 5.54. The summed E-state index contributed by atoms with van der Waals surface area (Å²) >= 11 is 0. The van der Waals surface area contributed by atoms with Crippen LogP contribution < -0.4 is 0 Å². The molecule has 0 aromatic rings. The summed E-state index contributed by atoms with van der Waals surface area (Å²) in [5.41, 5.74) is 0. The van der Waals surface area contributed by atoms with E-state index in [1.807, 2.05) is 0 Å². The van der Waals surface area contributed by atoms with Gasteiger partial charge < -0.3 is 9.59 Å². The van der Waals surface area contributed by atoms with Gasteiger partial charge in [-0.2, -0.15) is 0 Å². The summed E-state index contributed by atoms with van der Waals surface area (Å²) < 4.78 is 1.40. The van der Waals surface area contributed by atoms with Crippen LogP contribution in [-0.4, -0.2) is 42.4 Å². The fourth-order valence-corrected chi connectivity index (χ4v) is 3.42. The molecular formula is C20H44NO+. The average molecular weight is 315 g/mol. The van der Waals surface area contributed by atoms with E-state index in [0.29, 0.717) is 6.61 Å². The molecule has 0 aliphatic rings. The number of hydrogen-bond donors (Lipinski definition) is 1. The SMILES string of the molecule is CCCC[N+](CCCC)(CCCC)CCCCCCCCO. The van der Waals surface area contributed by atoms with Crippen molar-refractivity contribution < 1.29 is 9.59 Å². The van der Waals surface area contributed by atoms with Crippen molar-refractivity contribution >= 4 is 0 Å². The van der Waals surface area contributed by atoms with Crippen LogP contribution in [0.25, 0.3) is 0 Å². The van der Waals surface area contributed by atoms with Crippen molar-refractivity contribution in [1.29, 1.82) is 0 Å². The molecule has 0 atom stereocenters. The second-order valence-corrected chi connectivity index (χ2v) is 7.14. The van der Waals surface area contributed by atoms with E-state index in [0.717, 1.165) is 6.42 Å². The summed E-state index contributed by atoms with van der Waals surface area (Å²) in [5, 5.41) is 8.82. The van der Waals surface area contributed by atoms with Crippen LogP contribution >= 0.6 is 0 Å². The molecule has 0 radical (unpaired) electrons. The van der Waals surface area contributed by atoms with Gasteiger partial charge >= 0.3 is 0 Å². The maximum atomic E-state index is 8.82. The molecule has 0 saturated carbocycles. The zero-order chi connectivity index (χ0) is 16.5. The number of aliphatic hydroxyl groups excluding tert-OH is 1. The van der Waals surface area contributed by atoms with Gasteiger partial charge in [-0.15, -0.1) is 0 Å². The molecule has 2 nitrogen and oxygen atoms in total. The van der Waals surface area contributed by atoms with Gasteiger partial charge in [-0.1, -0.05) is 59.3 Å². The fourth-order valence-electron chi connectivity index (χ4n) is 3.42. The Morgan fingerprint density at radius 2 is 0.864 bits per heavy atom. The van der Waals surface area contributed by atoms with Gasteiger partial charge in [0.05, 0.1) is 26.2 Å². The Morgan fingerprint density at radius 1 is 0.500 bits per heavy atom. The highest BCUT2D eigenvalue weighted by Crippen LogP contribution is 2.17. The van der Waals surface area contributed by atoms with Gasteiger partial charge in [0.25, 0.3) is 0 Å². The highest BCUT2D eigenvalue weighted by Gasteiger charge is 2.24. The van der Waals surface area contributed by atoms with E-state index >= 15 is 0 Å². The summed E-state index contributed by atoms with van der Waals surface area (Å²) in [6.45, 7) is 13.0. The summed E-state index contributed by atoms with van der Waals surface area (Å²) in [6, 6.07) is 0. The van der Waals surface area contributed by atoms with Crippen LogP contribution in [0.2, 0.25) is 0 Å². The maximum absolute atomic E-state index is 8.82. The molecule has 134 valence electrons. The van der Waals surface area contributed by atoms with E-state index in [9.17, 15) is 0 Å². The molecule has 0 aromatic carbocycles. The number of hydrogen-bond acceptors (Lipinski definition) is 1. The lowest BCUT2D eigenvalue weighted by atomic mass is 10.1. The van der Waals surface area contributed by atoms with Gasteiger partial charge in [0, 0.05) is 6.61 Å². The first kappa shape index (κ1) is 21.9. The third kappa shape index (κ3) is 11.5. The van der Waals surface area contributed by atoms with Crippen LogP contribution in [0.15, 0.2) is 0 Å². The van der Waals surface area contributed by atoms with Crippen LogP contribution in [0.3, 0.4) is 0 Å². The van der Waals surface area contributed by atoms with E-state index in [-0.39, 0.29) is 0 Å². The third-order valence-electron chi connectivity index (χ3n) is 5.00. The van der Waals surface area contributed by atoms with Crippen LogP contribution in [-0.2, 0) is 0 Å². The van der Waals surface area contributed by atoms with Crippen molar-refractivity contribution in [2.24, 2.45) is 0 Å². The molecule has 0 saturated heterocycles. The summed E-state index contributed by atoms with van der Waals surface area (Å²) in [5.74, 6) is 0. The molecule has 1 N–H and O–H groups in total. The quantitative estimate of drug-likeness (QED) is 0.276. The molecule has 0 bridgehead atoms. The highest BCUT2D eigenvalue weighted by molar-refractivity contribution is 4.51. The highest BCUT2D eigenvalue weighted by atomic mass is 16.2. The van der Waals surface area contributed by atoms with Crippen molar-refractivity contribution in [2.45, 2.75) is 97.8 Å². The predicted molar refractivity (Wildman–Crippen MR) is 99.2 cm³/mol. The first-order chi connectivity index (χ1) is 10.7.